The SMILES string of the molecule is COc1ccccc1N1CCN(C[C@H](O)COC[C@@H](C)c2ccccc2)CC1. The predicted molar refractivity (Wildman–Crippen MR) is 113 cm³/mol. The first-order valence-corrected chi connectivity index (χ1v) is 10.1. The number of hydrogen-bond acceptors (Lipinski definition) is 5. The quantitative estimate of drug-likeness (QED) is 0.720. The standard InChI is InChI=1S/C23H32N2O3/c1-19(20-8-4-3-5-9-20)17-28-18-21(26)16-24-12-14-25(15-13-24)22-10-6-7-11-23(22)27-2/h3-11,19,21,26H,12-18H2,1-2H3/t19-,21+/m1/s1. The molecule has 0 amide bonds. The molecule has 1 aliphatic heterocycles. The van der Waals surface area contributed by atoms with E-state index in [4.69, 9.17) is 9.47 Å². The van der Waals surface area contributed by atoms with E-state index in [1.807, 2.05) is 36.4 Å². The van der Waals surface area contributed by atoms with Crippen molar-refractivity contribution in [2.45, 2.75) is 18.9 Å². The lowest BCUT2D eigenvalue weighted by Gasteiger charge is -2.37. The van der Waals surface area contributed by atoms with Gasteiger partial charge in [-0.1, -0.05) is 49.4 Å². The van der Waals surface area contributed by atoms with E-state index >= 15 is 0 Å². The Kier molecular flexibility index (Phi) is 7.71. The van der Waals surface area contributed by atoms with Crippen LogP contribution in [-0.2, 0) is 4.74 Å². The van der Waals surface area contributed by atoms with Crippen LogP contribution >= 0.6 is 0 Å². The van der Waals surface area contributed by atoms with Gasteiger partial charge in [-0.15, -0.1) is 0 Å². The number of piperazine rings is 1. The van der Waals surface area contributed by atoms with Gasteiger partial charge in [0.25, 0.3) is 0 Å². The van der Waals surface area contributed by atoms with Crippen molar-refractivity contribution in [2.24, 2.45) is 0 Å². The number of ether oxygens (including phenoxy) is 2. The van der Waals surface area contributed by atoms with Crippen molar-refractivity contribution in [3.8, 4) is 5.75 Å². The zero-order valence-electron chi connectivity index (χ0n) is 17.0. The Bertz CT molecular complexity index is 702. The van der Waals surface area contributed by atoms with Gasteiger partial charge < -0.3 is 19.5 Å². The van der Waals surface area contributed by atoms with Crippen molar-refractivity contribution in [3.63, 3.8) is 0 Å². The molecular weight excluding hydrogens is 352 g/mol. The van der Waals surface area contributed by atoms with Gasteiger partial charge in [-0.05, 0) is 17.7 Å². The molecule has 0 spiro atoms. The minimum atomic E-state index is -0.458. The van der Waals surface area contributed by atoms with E-state index in [0.29, 0.717) is 25.7 Å². The maximum absolute atomic E-state index is 10.3. The monoisotopic (exact) mass is 384 g/mol. The van der Waals surface area contributed by atoms with Crippen LogP contribution in [0.4, 0.5) is 5.69 Å². The normalized spacial score (nSPS) is 17.3. The zero-order valence-corrected chi connectivity index (χ0v) is 17.0. The van der Waals surface area contributed by atoms with E-state index in [0.717, 1.165) is 37.6 Å². The molecule has 0 aliphatic carbocycles. The number of anilines is 1. The minimum absolute atomic E-state index is 0.331. The lowest BCUT2D eigenvalue weighted by atomic mass is 10.0. The summed E-state index contributed by atoms with van der Waals surface area (Å²) in [5, 5.41) is 10.3. The molecule has 5 nitrogen and oxygen atoms in total. The number of aliphatic hydroxyl groups is 1. The molecule has 0 unspecified atom stereocenters. The summed E-state index contributed by atoms with van der Waals surface area (Å²) >= 11 is 0. The van der Waals surface area contributed by atoms with Crippen LogP contribution in [0.3, 0.4) is 0 Å². The molecule has 1 aliphatic rings. The largest absolute Gasteiger partial charge is 0.495 e. The van der Waals surface area contributed by atoms with Gasteiger partial charge >= 0.3 is 0 Å². The van der Waals surface area contributed by atoms with Crippen molar-refractivity contribution in [1.82, 2.24) is 4.90 Å². The van der Waals surface area contributed by atoms with Crippen LogP contribution in [0, 0.1) is 0 Å². The number of rotatable bonds is 9. The van der Waals surface area contributed by atoms with Gasteiger partial charge in [0.15, 0.2) is 0 Å². The van der Waals surface area contributed by atoms with Gasteiger partial charge in [-0.25, -0.2) is 0 Å². The van der Waals surface area contributed by atoms with E-state index in [1.54, 1.807) is 7.11 Å². The molecule has 5 heteroatoms. The molecule has 1 heterocycles. The maximum Gasteiger partial charge on any atom is 0.142 e. The van der Waals surface area contributed by atoms with Crippen molar-refractivity contribution in [2.75, 3.05) is 57.9 Å². The molecule has 1 fully saturated rings. The fourth-order valence-electron chi connectivity index (χ4n) is 3.67. The Morgan fingerprint density at radius 1 is 0.929 bits per heavy atom. The Morgan fingerprint density at radius 3 is 2.32 bits per heavy atom. The van der Waals surface area contributed by atoms with E-state index in [-0.39, 0.29) is 0 Å². The molecule has 28 heavy (non-hydrogen) atoms. The lowest BCUT2D eigenvalue weighted by Crippen LogP contribution is -2.49. The summed E-state index contributed by atoms with van der Waals surface area (Å²) in [5.41, 5.74) is 2.41. The van der Waals surface area contributed by atoms with Crippen molar-refractivity contribution < 1.29 is 14.6 Å². The Hall–Kier alpha value is -2.08. The zero-order chi connectivity index (χ0) is 19.8. The van der Waals surface area contributed by atoms with E-state index in [2.05, 4.69) is 34.9 Å². The summed E-state index contributed by atoms with van der Waals surface area (Å²) < 4.78 is 11.2. The molecule has 0 radical (unpaired) electrons. The number of para-hydroxylation sites is 2. The van der Waals surface area contributed by atoms with Crippen LogP contribution in [0.25, 0.3) is 0 Å². The fourth-order valence-corrected chi connectivity index (χ4v) is 3.67. The highest BCUT2D eigenvalue weighted by Crippen LogP contribution is 2.28. The van der Waals surface area contributed by atoms with Gasteiger partial charge in [0.1, 0.15) is 5.75 Å². The van der Waals surface area contributed by atoms with Crippen molar-refractivity contribution >= 4 is 5.69 Å². The predicted octanol–water partition coefficient (Wildman–Crippen LogP) is 3.00. The molecule has 2 aromatic rings. The average Bonchev–Trinajstić information content (AvgIpc) is 2.75. The summed E-state index contributed by atoms with van der Waals surface area (Å²) in [4.78, 5) is 4.65. The molecule has 2 atom stereocenters. The van der Waals surface area contributed by atoms with Crippen LogP contribution in [-0.4, -0.2) is 69.2 Å². The summed E-state index contributed by atoms with van der Waals surface area (Å²) in [6.07, 6.45) is -0.458. The summed E-state index contributed by atoms with van der Waals surface area (Å²) in [7, 11) is 1.71. The highest BCUT2D eigenvalue weighted by Gasteiger charge is 2.21. The summed E-state index contributed by atoms with van der Waals surface area (Å²) in [6, 6.07) is 18.5. The highest BCUT2D eigenvalue weighted by atomic mass is 16.5. The first-order chi connectivity index (χ1) is 13.7. The molecule has 0 bridgehead atoms. The summed E-state index contributed by atoms with van der Waals surface area (Å²) in [6.45, 7) is 7.52. The molecule has 152 valence electrons. The molecule has 1 saturated heterocycles. The number of benzene rings is 2. The van der Waals surface area contributed by atoms with Crippen LogP contribution in [0.5, 0.6) is 5.75 Å². The highest BCUT2D eigenvalue weighted by molar-refractivity contribution is 5.58. The van der Waals surface area contributed by atoms with Gasteiger partial charge in [0, 0.05) is 38.6 Å². The Balaban J connectivity index is 1.37. The van der Waals surface area contributed by atoms with Gasteiger partial charge in [-0.3, -0.25) is 4.90 Å². The first-order valence-electron chi connectivity index (χ1n) is 10.1. The molecule has 3 rings (SSSR count). The van der Waals surface area contributed by atoms with Crippen molar-refractivity contribution in [1.29, 1.82) is 0 Å². The maximum atomic E-state index is 10.3. The molecule has 0 saturated carbocycles. The molecular formula is C23H32N2O3. The lowest BCUT2D eigenvalue weighted by molar-refractivity contribution is 0.0123. The van der Waals surface area contributed by atoms with Gasteiger partial charge in [0.05, 0.1) is 32.1 Å². The Labute approximate surface area is 168 Å². The number of aliphatic hydroxyl groups excluding tert-OH is 1. The van der Waals surface area contributed by atoms with Crippen molar-refractivity contribution in [3.05, 3.63) is 60.2 Å². The van der Waals surface area contributed by atoms with Crippen LogP contribution in [0.15, 0.2) is 54.6 Å². The van der Waals surface area contributed by atoms with E-state index < -0.39 is 6.10 Å². The van der Waals surface area contributed by atoms with Crippen LogP contribution in [0.1, 0.15) is 18.4 Å². The third-order valence-corrected chi connectivity index (χ3v) is 5.31. The van der Waals surface area contributed by atoms with Gasteiger partial charge in [0.2, 0.25) is 0 Å². The average molecular weight is 385 g/mol. The number of hydrogen-bond donors (Lipinski definition) is 1. The first kappa shape index (κ1) is 20.6. The summed E-state index contributed by atoms with van der Waals surface area (Å²) in [5.74, 6) is 1.25. The van der Waals surface area contributed by atoms with E-state index in [1.165, 1.54) is 5.56 Å². The number of nitrogens with zero attached hydrogens (tertiary/aromatic N) is 2. The minimum Gasteiger partial charge on any atom is -0.495 e. The number of β-amino-alcohol motifs (C(OH)–C–C–N with tert-alkyl or cyclic N) is 1. The second-order valence-electron chi connectivity index (χ2n) is 7.46. The Morgan fingerprint density at radius 2 is 1.61 bits per heavy atom. The fraction of sp³-hybridized carbons (Fsp3) is 0.478. The third-order valence-electron chi connectivity index (χ3n) is 5.31. The second-order valence-corrected chi connectivity index (χ2v) is 7.46. The molecule has 2 aromatic carbocycles. The smallest absolute Gasteiger partial charge is 0.142 e. The number of methoxy groups -OCH3 is 1. The van der Waals surface area contributed by atoms with E-state index in [9.17, 15) is 5.11 Å². The van der Waals surface area contributed by atoms with Crippen LogP contribution in [0.2, 0.25) is 0 Å². The third kappa shape index (κ3) is 5.71. The topological polar surface area (TPSA) is 45.2 Å². The second kappa shape index (κ2) is 10.5. The van der Waals surface area contributed by atoms with Crippen LogP contribution < -0.4 is 9.64 Å². The molecule has 1 N–H and O–H groups in total. The van der Waals surface area contributed by atoms with Gasteiger partial charge in [-0.2, -0.15) is 0 Å². The molecule has 0 aromatic heterocycles.